The molecule has 36 heavy (non-hydrogen) atoms. The Hall–Kier alpha value is -3.03. The van der Waals surface area contributed by atoms with Crippen molar-refractivity contribution in [2.75, 3.05) is 9.91 Å². The minimum Gasteiger partial charge on any atom is -0.282 e. The maximum absolute atomic E-state index is 14.0. The molecule has 4 aromatic rings. The second-order valence-electron chi connectivity index (χ2n) is 8.27. The highest BCUT2D eigenvalue weighted by Crippen LogP contribution is 2.55. The van der Waals surface area contributed by atoms with Gasteiger partial charge in [0, 0.05) is 17.0 Å². The molecule has 1 amide bonds. The Labute approximate surface area is 219 Å². The SMILES string of the molecule is CC1=NN(c2ccc(S(=O)(=O)O)cc2)[C@]2(C1)S/C(=C\c1cccs1)C(=O)N2c1nc2ccccc2s1. The van der Waals surface area contributed by atoms with E-state index in [9.17, 15) is 17.8 Å². The predicted molar refractivity (Wildman–Crippen MR) is 146 cm³/mol. The van der Waals surface area contributed by atoms with Crippen molar-refractivity contribution in [1.29, 1.82) is 0 Å². The van der Waals surface area contributed by atoms with Gasteiger partial charge in [-0.2, -0.15) is 13.5 Å². The quantitative estimate of drug-likeness (QED) is 0.256. The lowest BCUT2D eigenvalue weighted by molar-refractivity contribution is -0.114. The van der Waals surface area contributed by atoms with Crippen molar-refractivity contribution in [3.63, 3.8) is 0 Å². The van der Waals surface area contributed by atoms with Gasteiger partial charge < -0.3 is 0 Å². The minimum absolute atomic E-state index is 0.170. The third-order valence-electron chi connectivity index (χ3n) is 5.79. The number of thioether (sulfide) groups is 1. The molecule has 1 spiro atoms. The van der Waals surface area contributed by atoms with E-state index in [1.807, 2.05) is 54.8 Å². The number of para-hydroxylation sites is 1. The van der Waals surface area contributed by atoms with Crippen molar-refractivity contribution < 1.29 is 17.8 Å². The van der Waals surface area contributed by atoms with E-state index in [2.05, 4.69) is 0 Å². The molecule has 182 valence electrons. The zero-order chi connectivity index (χ0) is 25.1. The van der Waals surface area contributed by atoms with E-state index in [0.29, 0.717) is 22.1 Å². The Bertz CT molecular complexity index is 1630. The second-order valence-corrected chi connectivity index (χ2v) is 13.0. The lowest BCUT2D eigenvalue weighted by atomic mass is 10.2. The molecule has 1 saturated heterocycles. The first-order valence-corrected chi connectivity index (χ1v) is 14.8. The van der Waals surface area contributed by atoms with E-state index < -0.39 is 15.1 Å². The highest BCUT2D eigenvalue weighted by atomic mass is 32.2. The number of carbonyl (C=O) groups is 1. The number of fused-ring (bicyclic) bond motifs is 1. The zero-order valence-corrected chi connectivity index (χ0v) is 22.0. The number of nitrogens with zero attached hydrogens (tertiary/aromatic N) is 4. The topological polar surface area (TPSA) is 103 Å². The molecule has 6 rings (SSSR count). The maximum atomic E-state index is 14.0. The van der Waals surface area contributed by atoms with Crippen LogP contribution in [0.25, 0.3) is 16.3 Å². The molecule has 2 aromatic carbocycles. The first kappa shape index (κ1) is 23.4. The van der Waals surface area contributed by atoms with Gasteiger partial charge in [-0.3, -0.25) is 9.35 Å². The van der Waals surface area contributed by atoms with Crippen LogP contribution in [-0.2, 0) is 14.9 Å². The van der Waals surface area contributed by atoms with Gasteiger partial charge in [-0.05, 0) is 60.8 Å². The number of anilines is 2. The van der Waals surface area contributed by atoms with E-state index in [-0.39, 0.29) is 10.8 Å². The normalized spacial score (nSPS) is 21.3. The average molecular weight is 555 g/mol. The van der Waals surface area contributed by atoms with Gasteiger partial charge in [0.2, 0.25) is 4.99 Å². The van der Waals surface area contributed by atoms with Crippen LogP contribution in [0, 0.1) is 0 Å². The maximum Gasteiger partial charge on any atom is 0.294 e. The summed E-state index contributed by atoms with van der Waals surface area (Å²) >= 11 is 4.40. The van der Waals surface area contributed by atoms with Crippen LogP contribution in [0.1, 0.15) is 18.2 Å². The monoisotopic (exact) mass is 554 g/mol. The van der Waals surface area contributed by atoms with Gasteiger partial charge in [-0.1, -0.05) is 41.3 Å². The van der Waals surface area contributed by atoms with Crippen molar-refractivity contribution in [1.82, 2.24) is 4.98 Å². The van der Waals surface area contributed by atoms with Crippen LogP contribution in [0.2, 0.25) is 0 Å². The van der Waals surface area contributed by atoms with Gasteiger partial charge in [-0.25, -0.2) is 14.9 Å². The van der Waals surface area contributed by atoms with Gasteiger partial charge in [0.25, 0.3) is 16.0 Å². The number of thiazole rings is 1. The fraction of sp³-hybridized carbons (Fsp3) is 0.125. The third kappa shape index (κ3) is 3.85. The predicted octanol–water partition coefficient (Wildman–Crippen LogP) is 5.67. The Morgan fingerprint density at radius 2 is 1.86 bits per heavy atom. The number of aromatic nitrogens is 1. The van der Waals surface area contributed by atoms with Gasteiger partial charge in [0.15, 0.2) is 5.13 Å². The van der Waals surface area contributed by atoms with Crippen LogP contribution in [0.15, 0.2) is 80.9 Å². The number of hydrazone groups is 1. The number of rotatable bonds is 4. The molecule has 0 aliphatic carbocycles. The Balaban J connectivity index is 1.51. The molecule has 1 atom stereocenters. The lowest BCUT2D eigenvalue weighted by Gasteiger charge is -2.38. The lowest BCUT2D eigenvalue weighted by Crippen LogP contribution is -2.53. The Kier molecular flexibility index (Phi) is 5.54. The first-order chi connectivity index (χ1) is 17.2. The summed E-state index contributed by atoms with van der Waals surface area (Å²) in [4.78, 5) is 20.8. The number of amides is 1. The molecular formula is C24H18N4O4S4. The third-order valence-corrected chi connectivity index (χ3v) is 9.84. The Morgan fingerprint density at radius 1 is 1.08 bits per heavy atom. The first-order valence-electron chi connectivity index (χ1n) is 10.8. The summed E-state index contributed by atoms with van der Waals surface area (Å²) in [5.41, 5.74) is 2.21. The van der Waals surface area contributed by atoms with Crippen LogP contribution < -0.4 is 9.91 Å². The number of carbonyl (C=O) groups excluding carboxylic acids is 1. The summed E-state index contributed by atoms with van der Waals surface area (Å²) in [6.45, 7) is 1.90. The summed E-state index contributed by atoms with van der Waals surface area (Å²) in [6.07, 6.45) is 2.35. The van der Waals surface area contributed by atoms with Crippen molar-refractivity contribution in [2.45, 2.75) is 23.2 Å². The summed E-state index contributed by atoms with van der Waals surface area (Å²) in [7, 11) is -4.34. The van der Waals surface area contributed by atoms with Crippen LogP contribution >= 0.6 is 34.4 Å². The van der Waals surface area contributed by atoms with Gasteiger partial charge in [-0.15, -0.1) is 11.3 Å². The summed E-state index contributed by atoms with van der Waals surface area (Å²) in [5.74, 6) is -0.170. The van der Waals surface area contributed by atoms with Crippen molar-refractivity contribution in [3.8, 4) is 0 Å². The molecule has 2 aromatic heterocycles. The number of hydrogen-bond acceptors (Lipinski definition) is 9. The van der Waals surface area contributed by atoms with Crippen LogP contribution in [0.4, 0.5) is 10.8 Å². The molecule has 0 unspecified atom stereocenters. The van der Waals surface area contributed by atoms with Crippen molar-refractivity contribution >= 4 is 83.3 Å². The molecule has 0 saturated carbocycles. The molecule has 0 radical (unpaired) electrons. The van der Waals surface area contributed by atoms with Gasteiger partial charge in [0.1, 0.15) is 0 Å². The fourth-order valence-corrected chi connectivity index (χ4v) is 8.08. The van der Waals surface area contributed by atoms with Gasteiger partial charge in [0.05, 0.1) is 25.7 Å². The molecule has 2 aliphatic rings. The molecular weight excluding hydrogens is 537 g/mol. The molecule has 1 fully saturated rings. The minimum atomic E-state index is -4.34. The number of hydrogen-bond donors (Lipinski definition) is 1. The average Bonchev–Trinajstić information content (AvgIpc) is 3.61. The number of thiophene rings is 1. The second kappa shape index (κ2) is 8.53. The fourth-order valence-electron chi connectivity index (χ4n) is 4.28. The zero-order valence-electron chi connectivity index (χ0n) is 18.7. The Morgan fingerprint density at radius 3 is 2.56 bits per heavy atom. The van der Waals surface area contributed by atoms with Crippen LogP contribution in [-0.4, -0.2) is 34.6 Å². The molecule has 4 heterocycles. The van der Waals surface area contributed by atoms with Gasteiger partial charge >= 0.3 is 0 Å². The molecule has 8 nitrogen and oxygen atoms in total. The van der Waals surface area contributed by atoms with Crippen LogP contribution in [0.3, 0.4) is 0 Å². The standard InChI is InChI=1S/C24H18N4O4S4/c1-15-14-24(28(26-15)16-8-10-18(11-9-16)36(30,31)32)27(23-25-19-6-2-3-7-20(19)34-23)22(29)21(35-24)13-17-5-4-12-33-17/h2-13H,14H2,1H3,(H,30,31,32)/b21-13-/t24-/m1/s1. The largest absolute Gasteiger partial charge is 0.294 e. The van der Waals surface area contributed by atoms with Crippen molar-refractivity contribution in [2.24, 2.45) is 5.10 Å². The number of benzene rings is 2. The van der Waals surface area contributed by atoms with E-state index in [0.717, 1.165) is 20.8 Å². The van der Waals surface area contributed by atoms with E-state index in [1.54, 1.807) is 33.4 Å². The van der Waals surface area contributed by atoms with E-state index in [4.69, 9.17) is 10.1 Å². The summed E-state index contributed by atoms with van der Waals surface area (Å²) < 4.78 is 33.5. The van der Waals surface area contributed by atoms with Crippen LogP contribution in [0.5, 0.6) is 0 Å². The highest BCUT2D eigenvalue weighted by Gasteiger charge is 2.58. The molecule has 1 N–H and O–H groups in total. The van der Waals surface area contributed by atoms with E-state index in [1.165, 1.54) is 35.2 Å². The molecule has 12 heteroatoms. The summed E-state index contributed by atoms with van der Waals surface area (Å²) in [5, 5.41) is 9.03. The van der Waals surface area contributed by atoms with E-state index >= 15 is 0 Å². The molecule has 2 aliphatic heterocycles. The van der Waals surface area contributed by atoms with Crippen molar-refractivity contribution in [3.05, 3.63) is 75.8 Å². The molecule has 0 bridgehead atoms. The smallest absolute Gasteiger partial charge is 0.282 e. The summed E-state index contributed by atoms with van der Waals surface area (Å²) in [6, 6.07) is 17.5. The highest BCUT2D eigenvalue weighted by molar-refractivity contribution is 8.06.